The summed E-state index contributed by atoms with van der Waals surface area (Å²) in [7, 11) is 0. The first kappa shape index (κ1) is 10.5. The van der Waals surface area contributed by atoms with Crippen molar-refractivity contribution < 1.29 is 14.7 Å². The highest BCUT2D eigenvalue weighted by molar-refractivity contribution is 5.93. The van der Waals surface area contributed by atoms with Gasteiger partial charge in [-0.2, -0.15) is 0 Å². The molecule has 0 aromatic rings. The van der Waals surface area contributed by atoms with E-state index in [9.17, 15) is 9.59 Å². The summed E-state index contributed by atoms with van der Waals surface area (Å²) < 4.78 is 0. The Morgan fingerprint density at radius 3 is 3.00 bits per heavy atom. The number of hydrogen-bond donors (Lipinski definition) is 2. The van der Waals surface area contributed by atoms with Gasteiger partial charge in [0.05, 0.1) is 0 Å². The van der Waals surface area contributed by atoms with E-state index in [0.29, 0.717) is 13.0 Å². The van der Waals surface area contributed by atoms with Crippen molar-refractivity contribution in [2.24, 2.45) is 0 Å². The van der Waals surface area contributed by atoms with Crippen molar-refractivity contribution in [2.45, 2.75) is 19.3 Å². The van der Waals surface area contributed by atoms with Crippen LogP contribution in [0.25, 0.3) is 0 Å². The van der Waals surface area contributed by atoms with Crippen LogP contribution in [0.3, 0.4) is 0 Å². The van der Waals surface area contributed by atoms with Crippen LogP contribution in [0, 0.1) is 0 Å². The molecule has 4 heteroatoms. The van der Waals surface area contributed by atoms with Crippen LogP contribution >= 0.6 is 0 Å². The molecule has 0 atom stereocenters. The molecule has 0 saturated heterocycles. The molecule has 0 radical (unpaired) electrons. The van der Waals surface area contributed by atoms with Crippen LogP contribution in [0.15, 0.2) is 23.8 Å². The zero-order chi connectivity index (χ0) is 10.4. The number of allylic oxidation sites excluding steroid dienone is 4. The maximum absolute atomic E-state index is 11.0. The van der Waals surface area contributed by atoms with E-state index in [1.165, 1.54) is 0 Å². The van der Waals surface area contributed by atoms with Crippen LogP contribution in [0.2, 0.25) is 0 Å². The predicted molar refractivity (Wildman–Crippen MR) is 52.1 cm³/mol. The predicted octanol–water partition coefficient (Wildman–Crippen LogP) is 1.49. The molecule has 1 aliphatic carbocycles. The van der Waals surface area contributed by atoms with Crippen LogP contribution in [0.4, 0.5) is 4.79 Å². The van der Waals surface area contributed by atoms with E-state index in [1.807, 2.05) is 12.2 Å². The Morgan fingerprint density at radius 2 is 2.36 bits per heavy atom. The number of ketones is 1. The van der Waals surface area contributed by atoms with Crippen LogP contribution in [0.5, 0.6) is 0 Å². The fraction of sp³-hybridized carbons (Fsp3) is 0.400. The number of amides is 1. The largest absolute Gasteiger partial charge is 0.465 e. The third-order valence-corrected chi connectivity index (χ3v) is 1.92. The molecule has 0 spiro atoms. The second-order valence-electron chi connectivity index (χ2n) is 3.13. The lowest BCUT2D eigenvalue weighted by atomic mass is 10.0. The van der Waals surface area contributed by atoms with Gasteiger partial charge in [0, 0.05) is 13.0 Å². The molecule has 1 amide bonds. The minimum atomic E-state index is -1.01. The topological polar surface area (TPSA) is 66.4 Å². The Bertz CT molecular complexity index is 292. The summed E-state index contributed by atoms with van der Waals surface area (Å²) in [4.78, 5) is 21.1. The fourth-order valence-corrected chi connectivity index (χ4v) is 1.28. The van der Waals surface area contributed by atoms with Crippen LogP contribution in [-0.2, 0) is 4.79 Å². The quantitative estimate of drug-likeness (QED) is 0.668. The van der Waals surface area contributed by atoms with Gasteiger partial charge in [-0.05, 0) is 24.5 Å². The average molecular weight is 195 g/mol. The van der Waals surface area contributed by atoms with E-state index in [2.05, 4.69) is 5.32 Å². The molecular formula is C10H13NO3. The minimum Gasteiger partial charge on any atom is -0.465 e. The second kappa shape index (κ2) is 5.21. The van der Waals surface area contributed by atoms with Crippen molar-refractivity contribution in [3.05, 3.63) is 23.8 Å². The molecule has 4 nitrogen and oxygen atoms in total. The van der Waals surface area contributed by atoms with Gasteiger partial charge in [-0.3, -0.25) is 4.79 Å². The molecule has 1 rings (SSSR count). The standard InChI is InChI=1S/C10H13NO3/c12-9-5-1-3-8(7-9)4-2-6-11-10(13)14/h1,3,7,11H,2,4-6H2,(H,13,14). The SMILES string of the molecule is O=C1C=C(CCCNC(=O)O)C=CC1. The Morgan fingerprint density at radius 1 is 1.57 bits per heavy atom. The van der Waals surface area contributed by atoms with Crippen molar-refractivity contribution in [1.29, 1.82) is 0 Å². The number of rotatable bonds is 4. The summed E-state index contributed by atoms with van der Waals surface area (Å²) in [6, 6.07) is 0. The Labute approximate surface area is 82.3 Å². The molecule has 2 N–H and O–H groups in total. The third kappa shape index (κ3) is 3.89. The molecule has 0 fully saturated rings. The maximum atomic E-state index is 11.0. The van der Waals surface area contributed by atoms with E-state index >= 15 is 0 Å². The van der Waals surface area contributed by atoms with Gasteiger partial charge in [-0.15, -0.1) is 0 Å². The number of carbonyl (C=O) groups is 2. The first-order valence-electron chi connectivity index (χ1n) is 4.55. The number of carbonyl (C=O) groups excluding carboxylic acids is 1. The van der Waals surface area contributed by atoms with Crippen molar-refractivity contribution in [1.82, 2.24) is 5.32 Å². The normalized spacial score (nSPS) is 15.1. The summed E-state index contributed by atoms with van der Waals surface area (Å²) >= 11 is 0. The molecule has 0 aromatic heterocycles. The second-order valence-corrected chi connectivity index (χ2v) is 3.13. The lowest BCUT2D eigenvalue weighted by Crippen LogP contribution is -2.21. The zero-order valence-corrected chi connectivity index (χ0v) is 7.82. The molecule has 0 heterocycles. The van der Waals surface area contributed by atoms with Gasteiger partial charge in [0.1, 0.15) is 0 Å². The summed E-state index contributed by atoms with van der Waals surface area (Å²) in [6.45, 7) is 0.425. The van der Waals surface area contributed by atoms with E-state index in [1.54, 1.807) is 6.08 Å². The molecule has 76 valence electrons. The molecule has 0 aromatic carbocycles. The fourth-order valence-electron chi connectivity index (χ4n) is 1.28. The lowest BCUT2D eigenvalue weighted by molar-refractivity contribution is -0.113. The average Bonchev–Trinajstić information content (AvgIpc) is 2.12. The highest BCUT2D eigenvalue weighted by Gasteiger charge is 2.03. The Kier molecular flexibility index (Phi) is 3.91. The molecular weight excluding hydrogens is 182 g/mol. The first-order valence-corrected chi connectivity index (χ1v) is 4.55. The van der Waals surface area contributed by atoms with Crippen molar-refractivity contribution in [3.8, 4) is 0 Å². The van der Waals surface area contributed by atoms with Gasteiger partial charge in [-0.25, -0.2) is 4.79 Å². The summed E-state index contributed by atoms with van der Waals surface area (Å²) in [5, 5.41) is 10.6. The lowest BCUT2D eigenvalue weighted by Gasteiger charge is -2.05. The Hall–Kier alpha value is -1.58. The number of hydrogen-bond acceptors (Lipinski definition) is 2. The van der Waals surface area contributed by atoms with Gasteiger partial charge in [0.15, 0.2) is 5.78 Å². The molecule has 0 bridgehead atoms. The van der Waals surface area contributed by atoms with Crippen molar-refractivity contribution >= 4 is 11.9 Å². The smallest absolute Gasteiger partial charge is 0.404 e. The summed E-state index contributed by atoms with van der Waals surface area (Å²) in [5.41, 5.74) is 0.980. The molecule has 1 aliphatic rings. The van der Waals surface area contributed by atoms with Crippen LogP contribution in [0.1, 0.15) is 19.3 Å². The van der Waals surface area contributed by atoms with E-state index < -0.39 is 6.09 Å². The van der Waals surface area contributed by atoms with Gasteiger partial charge >= 0.3 is 6.09 Å². The van der Waals surface area contributed by atoms with Crippen LogP contribution < -0.4 is 5.32 Å². The van der Waals surface area contributed by atoms with Crippen molar-refractivity contribution in [3.63, 3.8) is 0 Å². The highest BCUT2D eigenvalue weighted by atomic mass is 16.4. The molecule has 14 heavy (non-hydrogen) atoms. The van der Waals surface area contributed by atoms with Gasteiger partial charge in [0.2, 0.25) is 0 Å². The van der Waals surface area contributed by atoms with Gasteiger partial charge < -0.3 is 10.4 Å². The maximum Gasteiger partial charge on any atom is 0.404 e. The molecule has 0 saturated carbocycles. The number of nitrogens with one attached hydrogen (secondary N) is 1. The highest BCUT2D eigenvalue weighted by Crippen LogP contribution is 2.12. The minimum absolute atomic E-state index is 0.119. The van der Waals surface area contributed by atoms with E-state index in [4.69, 9.17) is 5.11 Å². The molecule has 0 aliphatic heterocycles. The first-order chi connectivity index (χ1) is 6.68. The summed E-state index contributed by atoms with van der Waals surface area (Å²) in [6.07, 6.45) is 6.31. The van der Waals surface area contributed by atoms with E-state index in [-0.39, 0.29) is 5.78 Å². The number of carboxylic acid groups (broad SMARTS) is 1. The van der Waals surface area contributed by atoms with Crippen LogP contribution in [-0.4, -0.2) is 23.5 Å². The zero-order valence-electron chi connectivity index (χ0n) is 7.82. The third-order valence-electron chi connectivity index (χ3n) is 1.92. The Balaban J connectivity index is 2.21. The van der Waals surface area contributed by atoms with Gasteiger partial charge in [-0.1, -0.05) is 12.2 Å². The monoisotopic (exact) mass is 195 g/mol. The van der Waals surface area contributed by atoms with Crippen molar-refractivity contribution in [2.75, 3.05) is 6.54 Å². The van der Waals surface area contributed by atoms with Gasteiger partial charge in [0.25, 0.3) is 0 Å². The molecule has 0 unspecified atom stereocenters. The summed E-state index contributed by atoms with van der Waals surface area (Å²) in [5.74, 6) is 0.119. The van der Waals surface area contributed by atoms with E-state index in [0.717, 1.165) is 18.4 Å².